The van der Waals surface area contributed by atoms with E-state index in [1.54, 1.807) is 71.8 Å². The first-order valence-electron chi connectivity index (χ1n) is 12.7. The number of anilines is 2. The van der Waals surface area contributed by atoms with Crippen LogP contribution >= 0.6 is 0 Å². The quantitative estimate of drug-likeness (QED) is 0.381. The predicted octanol–water partition coefficient (Wildman–Crippen LogP) is 4.51. The van der Waals surface area contributed by atoms with Gasteiger partial charge in [-0.05, 0) is 48.5 Å². The molecule has 0 radical (unpaired) electrons. The molecule has 6 rings (SSSR count). The molecule has 0 spiro atoms. The minimum Gasteiger partial charge on any atom is -0.353 e. The number of hydrogen-bond donors (Lipinski definition) is 0. The van der Waals surface area contributed by atoms with E-state index >= 15 is 0 Å². The number of nitrogens with zero attached hydrogens (tertiary/aromatic N) is 4. The molecule has 2 amide bonds. The monoisotopic (exact) mass is 540 g/mol. The van der Waals surface area contributed by atoms with Crippen molar-refractivity contribution >= 4 is 34.1 Å². The number of carbonyl (C=O) groups is 2. The van der Waals surface area contributed by atoms with Gasteiger partial charge >= 0.3 is 0 Å². The summed E-state index contributed by atoms with van der Waals surface area (Å²) in [6.45, 7) is 2.25. The first-order valence-corrected chi connectivity index (χ1v) is 13.8. The number of halogens is 1. The van der Waals surface area contributed by atoms with Gasteiger partial charge in [-0.3, -0.25) is 9.59 Å². The van der Waals surface area contributed by atoms with Crippen LogP contribution in [0.3, 0.4) is 0 Å². The Labute approximate surface area is 228 Å². The largest absolute Gasteiger partial charge is 0.353 e. The Morgan fingerprint density at radius 3 is 2.38 bits per heavy atom. The van der Waals surface area contributed by atoms with E-state index in [1.807, 2.05) is 18.2 Å². The molecule has 0 unspecified atom stereocenters. The zero-order chi connectivity index (χ0) is 26.9. The molecule has 0 bridgehead atoms. The van der Waals surface area contributed by atoms with E-state index in [2.05, 4.69) is 9.88 Å². The summed E-state index contributed by atoms with van der Waals surface area (Å²) in [6, 6.07) is 23.7. The lowest BCUT2D eigenvalue weighted by molar-refractivity contribution is 0.0746. The van der Waals surface area contributed by atoms with Crippen LogP contribution in [-0.2, 0) is 17.3 Å². The van der Waals surface area contributed by atoms with Gasteiger partial charge in [0.2, 0.25) is 0 Å². The molecular formula is C30H25FN4O3S. The van der Waals surface area contributed by atoms with Crippen LogP contribution in [-0.4, -0.2) is 52.1 Å². The van der Waals surface area contributed by atoms with Gasteiger partial charge in [-0.2, -0.15) is 0 Å². The summed E-state index contributed by atoms with van der Waals surface area (Å²) in [5, 5.41) is 0. The van der Waals surface area contributed by atoms with Gasteiger partial charge in [0.1, 0.15) is 11.6 Å². The Balaban J connectivity index is 1.34. The molecule has 2 aliphatic rings. The number of hydrogen-bond acceptors (Lipinski definition) is 5. The average molecular weight is 541 g/mol. The number of fused-ring (bicyclic) bond motifs is 2. The van der Waals surface area contributed by atoms with Crippen LogP contribution in [0.5, 0.6) is 0 Å². The summed E-state index contributed by atoms with van der Waals surface area (Å²) in [5.74, 6) is -0.138. The molecule has 3 aromatic carbocycles. The molecule has 2 aliphatic heterocycles. The van der Waals surface area contributed by atoms with Crippen LogP contribution < -0.4 is 9.80 Å². The van der Waals surface area contributed by atoms with Crippen molar-refractivity contribution in [1.82, 2.24) is 9.88 Å². The van der Waals surface area contributed by atoms with Gasteiger partial charge in [0.05, 0.1) is 38.4 Å². The number of pyridine rings is 1. The first kappa shape index (κ1) is 24.9. The van der Waals surface area contributed by atoms with E-state index in [1.165, 1.54) is 11.0 Å². The molecule has 39 heavy (non-hydrogen) atoms. The van der Waals surface area contributed by atoms with Gasteiger partial charge in [-0.1, -0.05) is 36.4 Å². The third kappa shape index (κ3) is 4.70. The summed E-state index contributed by atoms with van der Waals surface area (Å²) in [5.41, 5.74) is 1.34. The van der Waals surface area contributed by atoms with Crippen molar-refractivity contribution in [2.75, 3.05) is 36.0 Å². The Morgan fingerprint density at radius 2 is 1.62 bits per heavy atom. The number of benzene rings is 3. The van der Waals surface area contributed by atoms with Crippen LogP contribution in [0, 0.1) is 5.82 Å². The van der Waals surface area contributed by atoms with Crippen molar-refractivity contribution in [3.63, 3.8) is 0 Å². The number of carbonyl (C=O) groups excluding carboxylic acids is 2. The maximum atomic E-state index is 14.7. The predicted molar refractivity (Wildman–Crippen MR) is 147 cm³/mol. The zero-order valence-corrected chi connectivity index (χ0v) is 21.8. The fraction of sp³-hybridized carbons (Fsp3) is 0.167. The highest BCUT2D eigenvalue weighted by atomic mass is 32.2. The fourth-order valence-electron chi connectivity index (χ4n) is 5.01. The summed E-state index contributed by atoms with van der Waals surface area (Å²) in [6.07, 6.45) is 1.75. The fourth-order valence-corrected chi connectivity index (χ4v) is 6.36. The van der Waals surface area contributed by atoms with Crippen molar-refractivity contribution in [2.45, 2.75) is 16.3 Å². The van der Waals surface area contributed by atoms with Crippen LogP contribution in [0.2, 0.25) is 0 Å². The molecule has 7 nitrogen and oxygen atoms in total. The molecular weight excluding hydrogens is 515 g/mol. The van der Waals surface area contributed by atoms with Crippen LogP contribution in [0.4, 0.5) is 15.9 Å². The normalized spacial score (nSPS) is 16.9. The van der Waals surface area contributed by atoms with E-state index in [0.29, 0.717) is 58.3 Å². The van der Waals surface area contributed by atoms with Crippen LogP contribution in [0.1, 0.15) is 26.3 Å². The Bertz CT molecular complexity index is 1590. The number of aromatic nitrogens is 1. The molecule has 0 N–H and O–H groups in total. The van der Waals surface area contributed by atoms with Crippen molar-refractivity contribution in [2.24, 2.45) is 0 Å². The van der Waals surface area contributed by atoms with Crippen LogP contribution in [0.25, 0.3) is 0 Å². The molecule has 1 saturated heterocycles. The van der Waals surface area contributed by atoms with Crippen LogP contribution in [0.15, 0.2) is 101 Å². The van der Waals surface area contributed by atoms with E-state index in [0.717, 1.165) is 5.82 Å². The molecule has 1 fully saturated rings. The van der Waals surface area contributed by atoms with Gasteiger partial charge in [-0.15, -0.1) is 0 Å². The zero-order valence-electron chi connectivity index (χ0n) is 21.0. The number of rotatable bonds is 4. The van der Waals surface area contributed by atoms with Gasteiger partial charge < -0.3 is 14.7 Å². The van der Waals surface area contributed by atoms with Crippen molar-refractivity contribution in [3.05, 3.63) is 114 Å². The lowest BCUT2D eigenvalue weighted by Crippen LogP contribution is -2.49. The molecule has 9 heteroatoms. The highest BCUT2D eigenvalue weighted by Gasteiger charge is 2.33. The Kier molecular flexibility index (Phi) is 6.66. The molecule has 3 heterocycles. The van der Waals surface area contributed by atoms with Crippen molar-refractivity contribution < 1.29 is 18.2 Å². The molecule has 0 saturated carbocycles. The van der Waals surface area contributed by atoms with E-state index in [4.69, 9.17) is 0 Å². The summed E-state index contributed by atoms with van der Waals surface area (Å²) < 4.78 is 28.3. The van der Waals surface area contributed by atoms with Crippen molar-refractivity contribution in [1.29, 1.82) is 0 Å². The SMILES string of the molecule is O=C(c1ccc2c(c1)N(Cc1ccccc1F)C(=O)c1ccccc1[S@@]2=O)N1CCN(c2ccccn2)CC1. The van der Waals surface area contributed by atoms with Gasteiger partial charge in [0.25, 0.3) is 11.8 Å². The Morgan fingerprint density at radius 1 is 0.872 bits per heavy atom. The maximum Gasteiger partial charge on any atom is 0.259 e. The van der Waals surface area contributed by atoms with Gasteiger partial charge in [0, 0.05) is 43.5 Å². The smallest absolute Gasteiger partial charge is 0.259 e. The van der Waals surface area contributed by atoms with E-state index < -0.39 is 22.5 Å². The number of amides is 2. The standard InChI is InChI=1S/C30H25FN4O3S/c31-24-9-3-1-7-22(24)20-35-25-19-21(12-13-27(25)39(38)26-10-4-2-8-23(26)30(35)37)29(36)34-17-15-33(16-18-34)28-11-5-6-14-32-28/h1-14,19H,15-18,20H2/t39-/m0/s1. The second kappa shape index (κ2) is 10.4. The topological polar surface area (TPSA) is 73.8 Å². The van der Waals surface area contributed by atoms with E-state index in [-0.39, 0.29) is 12.5 Å². The third-order valence-electron chi connectivity index (χ3n) is 7.09. The summed E-state index contributed by atoms with van der Waals surface area (Å²) in [7, 11) is -1.66. The highest BCUT2D eigenvalue weighted by molar-refractivity contribution is 7.85. The second-order valence-electron chi connectivity index (χ2n) is 9.40. The molecule has 4 aromatic rings. The molecule has 1 aromatic heterocycles. The second-order valence-corrected chi connectivity index (χ2v) is 10.8. The summed E-state index contributed by atoms with van der Waals surface area (Å²) >= 11 is 0. The first-order chi connectivity index (χ1) is 19.0. The molecule has 0 aliphatic carbocycles. The van der Waals surface area contributed by atoms with Crippen molar-refractivity contribution in [3.8, 4) is 0 Å². The third-order valence-corrected chi connectivity index (χ3v) is 8.59. The summed E-state index contributed by atoms with van der Waals surface area (Å²) in [4.78, 5) is 37.9. The van der Waals surface area contributed by atoms with E-state index in [9.17, 15) is 18.2 Å². The van der Waals surface area contributed by atoms with Gasteiger partial charge in [-0.25, -0.2) is 13.6 Å². The average Bonchev–Trinajstić information content (AvgIpc) is 3.07. The molecule has 1 atom stereocenters. The highest BCUT2D eigenvalue weighted by Crippen LogP contribution is 2.36. The minimum absolute atomic E-state index is 0.0650. The minimum atomic E-state index is -1.66. The Hall–Kier alpha value is -4.37. The lowest BCUT2D eigenvalue weighted by Gasteiger charge is -2.35. The number of piperazine rings is 1. The maximum absolute atomic E-state index is 14.7. The van der Waals surface area contributed by atoms with Gasteiger partial charge in [0.15, 0.2) is 0 Å². The lowest BCUT2D eigenvalue weighted by atomic mass is 10.1. The molecule has 196 valence electrons.